The van der Waals surface area contributed by atoms with E-state index in [-0.39, 0.29) is 31.2 Å². The van der Waals surface area contributed by atoms with Crippen molar-refractivity contribution in [2.24, 2.45) is 0 Å². The zero-order valence-corrected chi connectivity index (χ0v) is 13.5. The fourth-order valence-electron chi connectivity index (χ4n) is 2.07. The van der Waals surface area contributed by atoms with Crippen LogP contribution < -0.4 is 0 Å². The van der Waals surface area contributed by atoms with E-state index in [2.05, 4.69) is 0 Å². The van der Waals surface area contributed by atoms with Gasteiger partial charge < -0.3 is 0 Å². The molecule has 0 aromatic heterocycles. The molecule has 1 fully saturated rings. The van der Waals surface area contributed by atoms with E-state index in [9.17, 15) is 21.2 Å². The molecule has 0 amide bonds. The van der Waals surface area contributed by atoms with Gasteiger partial charge in [0.25, 0.3) is 0 Å². The first kappa shape index (κ1) is 16.6. The lowest BCUT2D eigenvalue weighted by molar-refractivity contribution is 0.273. The van der Waals surface area contributed by atoms with Crippen LogP contribution in [0.4, 0.5) is 4.39 Å². The van der Waals surface area contributed by atoms with Gasteiger partial charge in [0, 0.05) is 31.2 Å². The third-order valence-electron chi connectivity index (χ3n) is 3.18. The summed E-state index contributed by atoms with van der Waals surface area (Å²) in [6.45, 7) is 0.0650. The van der Waals surface area contributed by atoms with Gasteiger partial charge in [0.05, 0.1) is 6.26 Å². The summed E-state index contributed by atoms with van der Waals surface area (Å²) in [5.74, 6) is -0.923. The summed E-state index contributed by atoms with van der Waals surface area (Å²) < 4.78 is 63.5. The van der Waals surface area contributed by atoms with Gasteiger partial charge in [0.15, 0.2) is 0 Å². The van der Waals surface area contributed by atoms with Crippen LogP contribution in [0.15, 0.2) is 23.1 Å². The summed E-state index contributed by atoms with van der Waals surface area (Å²) >= 11 is 5.60. The highest BCUT2D eigenvalue weighted by Gasteiger charge is 2.32. The summed E-state index contributed by atoms with van der Waals surface area (Å²) in [6, 6.07) is 3.33. The van der Waals surface area contributed by atoms with Crippen molar-refractivity contribution in [3.8, 4) is 0 Å². The van der Waals surface area contributed by atoms with Gasteiger partial charge in [-0.2, -0.15) is 8.61 Å². The van der Waals surface area contributed by atoms with E-state index in [0.717, 1.165) is 22.7 Å². The van der Waals surface area contributed by atoms with Crippen LogP contribution in [-0.4, -0.2) is 57.9 Å². The molecule has 0 bridgehead atoms. The molecule has 0 spiro atoms. The Labute approximate surface area is 128 Å². The van der Waals surface area contributed by atoms with Crippen molar-refractivity contribution in [1.29, 1.82) is 0 Å². The number of piperazine rings is 1. The molecule has 1 heterocycles. The second kappa shape index (κ2) is 5.81. The molecule has 1 aliphatic heterocycles. The largest absolute Gasteiger partial charge is 0.246 e. The van der Waals surface area contributed by atoms with Crippen molar-refractivity contribution in [3.05, 3.63) is 29.0 Å². The Kier molecular flexibility index (Phi) is 4.60. The van der Waals surface area contributed by atoms with Crippen LogP contribution in [-0.2, 0) is 20.0 Å². The van der Waals surface area contributed by atoms with Crippen LogP contribution in [0.2, 0.25) is 5.02 Å². The zero-order valence-electron chi connectivity index (χ0n) is 11.2. The normalized spacial score (nSPS) is 18.8. The van der Waals surface area contributed by atoms with Crippen LogP contribution in [0.1, 0.15) is 0 Å². The van der Waals surface area contributed by atoms with Crippen molar-refractivity contribution in [2.75, 3.05) is 32.4 Å². The summed E-state index contributed by atoms with van der Waals surface area (Å²) in [4.78, 5) is -0.459. The van der Waals surface area contributed by atoms with Gasteiger partial charge in [-0.05, 0) is 18.2 Å². The third kappa shape index (κ3) is 3.54. The van der Waals surface area contributed by atoms with Gasteiger partial charge in [-0.15, -0.1) is 0 Å². The molecule has 1 aromatic carbocycles. The standard InChI is InChI=1S/C11H14ClFN2O4S2/c1-20(16,17)14-4-6-15(7-5-14)21(18,19)11-3-2-9(12)8-10(11)13/h2-3,8H,4-7H2,1H3. The molecule has 2 rings (SSSR count). The van der Waals surface area contributed by atoms with E-state index in [1.54, 1.807) is 0 Å². The molecular formula is C11H14ClFN2O4S2. The van der Waals surface area contributed by atoms with Crippen molar-refractivity contribution >= 4 is 31.6 Å². The minimum absolute atomic E-state index is 0.0164. The van der Waals surface area contributed by atoms with Crippen molar-refractivity contribution in [3.63, 3.8) is 0 Å². The minimum Gasteiger partial charge on any atom is -0.213 e. The number of rotatable bonds is 3. The number of hydrogen-bond acceptors (Lipinski definition) is 4. The van der Waals surface area contributed by atoms with Crippen LogP contribution in [0.3, 0.4) is 0 Å². The zero-order chi connectivity index (χ0) is 15.8. The molecule has 1 aliphatic rings. The highest BCUT2D eigenvalue weighted by molar-refractivity contribution is 7.89. The number of benzene rings is 1. The fourth-order valence-corrected chi connectivity index (χ4v) is 4.52. The van der Waals surface area contributed by atoms with Crippen LogP contribution in [0, 0.1) is 5.82 Å². The Hall–Kier alpha value is -0.740. The van der Waals surface area contributed by atoms with E-state index < -0.39 is 30.8 Å². The quantitative estimate of drug-likeness (QED) is 0.800. The molecule has 118 valence electrons. The summed E-state index contributed by atoms with van der Waals surface area (Å²) in [6.07, 6.45) is 1.07. The fraction of sp³-hybridized carbons (Fsp3) is 0.455. The maximum Gasteiger partial charge on any atom is 0.246 e. The smallest absolute Gasteiger partial charge is 0.213 e. The number of hydrogen-bond donors (Lipinski definition) is 0. The molecular weight excluding hydrogens is 343 g/mol. The highest BCUT2D eigenvalue weighted by atomic mass is 35.5. The Morgan fingerprint density at radius 2 is 1.57 bits per heavy atom. The van der Waals surface area contributed by atoms with Crippen molar-refractivity contribution in [2.45, 2.75) is 4.90 Å². The second-order valence-electron chi connectivity index (χ2n) is 4.64. The third-order valence-corrected chi connectivity index (χ3v) is 6.65. The van der Waals surface area contributed by atoms with Gasteiger partial charge in [-0.3, -0.25) is 0 Å². The molecule has 0 N–H and O–H groups in total. The molecule has 1 aromatic rings. The Balaban J connectivity index is 2.23. The van der Waals surface area contributed by atoms with E-state index in [4.69, 9.17) is 11.6 Å². The van der Waals surface area contributed by atoms with Gasteiger partial charge in [0.2, 0.25) is 20.0 Å². The first-order chi connectivity index (χ1) is 9.62. The number of halogens is 2. The lowest BCUT2D eigenvalue weighted by atomic mass is 10.3. The molecule has 0 atom stereocenters. The molecule has 1 saturated heterocycles. The predicted molar refractivity (Wildman–Crippen MR) is 76.6 cm³/mol. The Morgan fingerprint density at radius 3 is 2.05 bits per heavy atom. The van der Waals surface area contributed by atoms with Crippen molar-refractivity contribution in [1.82, 2.24) is 8.61 Å². The minimum atomic E-state index is -4.00. The Bertz CT molecular complexity index is 743. The topological polar surface area (TPSA) is 74.8 Å². The van der Waals surface area contributed by atoms with Crippen LogP contribution >= 0.6 is 11.6 Å². The first-order valence-electron chi connectivity index (χ1n) is 6.03. The van der Waals surface area contributed by atoms with Gasteiger partial charge in [-0.25, -0.2) is 21.2 Å². The first-order valence-corrected chi connectivity index (χ1v) is 9.69. The molecule has 10 heteroatoms. The molecule has 0 unspecified atom stereocenters. The van der Waals surface area contributed by atoms with E-state index in [1.165, 1.54) is 10.4 Å². The lowest BCUT2D eigenvalue weighted by Gasteiger charge is -2.32. The van der Waals surface area contributed by atoms with E-state index in [0.29, 0.717) is 0 Å². The molecule has 6 nitrogen and oxygen atoms in total. The SMILES string of the molecule is CS(=O)(=O)N1CCN(S(=O)(=O)c2ccc(Cl)cc2F)CC1. The highest BCUT2D eigenvalue weighted by Crippen LogP contribution is 2.23. The molecule has 0 radical (unpaired) electrons. The van der Waals surface area contributed by atoms with Gasteiger partial charge in [0.1, 0.15) is 10.7 Å². The van der Waals surface area contributed by atoms with Crippen molar-refractivity contribution < 1.29 is 21.2 Å². The lowest BCUT2D eigenvalue weighted by Crippen LogP contribution is -2.50. The van der Waals surface area contributed by atoms with E-state index >= 15 is 0 Å². The van der Waals surface area contributed by atoms with Gasteiger partial charge >= 0.3 is 0 Å². The number of sulfonamides is 2. The monoisotopic (exact) mass is 356 g/mol. The average molecular weight is 357 g/mol. The number of nitrogens with zero attached hydrogens (tertiary/aromatic N) is 2. The molecule has 0 aliphatic carbocycles. The average Bonchev–Trinajstić information content (AvgIpc) is 2.37. The van der Waals surface area contributed by atoms with Crippen LogP contribution in [0.25, 0.3) is 0 Å². The van der Waals surface area contributed by atoms with Crippen LogP contribution in [0.5, 0.6) is 0 Å². The van der Waals surface area contributed by atoms with E-state index in [1.807, 2.05) is 0 Å². The molecule has 21 heavy (non-hydrogen) atoms. The molecule has 0 saturated carbocycles. The Morgan fingerprint density at radius 1 is 1.05 bits per heavy atom. The second-order valence-corrected chi connectivity index (χ2v) is 8.97. The predicted octanol–water partition coefficient (Wildman–Crippen LogP) is 0.745. The maximum atomic E-state index is 13.8. The maximum absolute atomic E-state index is 13.8. The van der Waals surface area contributed by atoms with Gasteiger partial charge in [-0.1, -0.05) is 11.6 Å². The summed E-state index contributed by atoms with van der Waals surface area (Å²) in [5, 5.41) is 0.105. The summed E-state index contributed by atoms with van der Waals surface area (Å²) in [5.41, 5.74) is 0. The summed E-state index contributed by atoms with van der Waals surface area (Å²) in [7, 11) is -7.35.